The number of ether oxygens (including phenoxy) is 1. The third-order valence-corrected chi connectivity index (χ3v) is 6.07. The van der Waals surface area contributed by atoms with Gasteiger partial charge in [-0.05, 0) is 24.5 Å². The van der Waals surface area contributed by atoms with Gasteiger partial charge < -0.3 is 14.5 Å². The van der Waals surface area contributed by atoms with Crippen molar-refractivity contribution in [3.05, 3.63) is 64.2 Å². The number of carbonyl (C=O) groups excluding carboxylic acids is 3. The van der Waals surface area contributed by atoms with Gasteiger partial charge in [0.2, 0.25) is 11.8 Å². The fourth-order valence-corrected chi connectivity index (χ4v) is 4.16. The zero-order valence-electron chi connectivity index (χ0n) is 18.7. The lowest BCUT2D eigenvalue weighted by atomic mass is 10.1. The van der Waals surface area contributed by atoms with Crippen molar-refractivity contribution in [2.75, 3.05) is 44.2 Å². The average molecular weight is 466 g/mol. The highest BCUT2D eigenvalue weighted by molar-refractivity contribution is 6.02. The maximum atomic E-state index is 12.9. The van der Waals surface area contributed by atoms with Crippen LogP contribution in [0.4, 0.5) is 11.4 Å². The summed E-state index contributed by atoms with van der Waals surface area (Å²) in [6.07, 6.45) is 2.08. The van der Waals surface area contributed by atoms with E-state index >= 15 is 0 Å². The van der Waals surface area contributed by atoms with Crippen LogP contribution in [0.2, 0.25) is 0 Å². The second-order valence-corrected chi connectivity index (χ2v) is 8.28. The number of benzene rings is 2. The van der Waals surface area contributed by atoms with Crippen LogP contribution in [-0.4, -0.2) is 71.8 Å². The number of aryl methyl sites for hydroxylation is 1. The molecule has 0 spiro atoms. The molecule has 2 aromatic carbocycles. The van der Waals surface area contributed by atoms with E-state index in [1.165, 1.54) is 28.7 Å². The molecule has 2 aliphatic heterocycles. The molecule has 2 heterocycles. The predicted octanol–water partition coefficient (Wildman–Crippen LogP) is 2.01. The Labute approximate surface area is 196 Å². The lowest BCUT2D eigenvalue weighted by molar-refractivity contribution is -0.384. The van der Waals surface area contributed by atoms with Crippen molar-refractivity contribution in [3.8, 4) is 5.75 Å². The van der Waals surface area contributed by atoms with Crippen LogP contribution in [0.15, 0.2) is 48.5 Å². The molecule has 0 radical (unpaired) electrons. The van der Waals surface area contributed by atoms with E-state index in [4.69, 9.17) is 4.74 Å². The number of amides is 3. The van der Waals surface area contributed by atoms with Gasteiger partial charge in [0, 0.05) is 44.7 Å². The molecule has 4 rings (SSSR count). The number of non-ortho nitro benzene ring substituents is 1. The highest BCUT2D eigenvalue weighted by Gasteiger charge is 2.32. The quantitative estimate of drug-likeness (QED) is 0.456. The molecule has 0 aliphatic carbocycles. The van der Waals surface area contributed by atoms with E-state index < -0.39 is 10.8 Å². The molecule has 1 fully saturated rings. The Hall–Kier alpha value is -3.95. The lowest BCUT2D eigenvalue weighted by Crippen LogP contribution is -2.53. The molecule has 3 amide bonds. The molecule has 1 saturated heterocycles. The molecule has 0 saturated carbocycles. The number of hydrogen-bond acceptors (Lipinski definition) is 6. The summed E-state index contributed by atoms with van der Waals surface area (Å²) in [6.45, 7) is 1.17. The number of nitro benzene ring substituents is 1. The van der Waals surface area contributed by atoms with Crippen molar-refractivity contribution >= 4 is 29.1 Å². The van der Waals surface area contributed by atoms with Crippen LogP contribution in [0.3, 0.4) is 0 Å². The van der Waals surface area contributed by atoms with Gasteiger partial charge in [-0.1, -0.05) is 30.3 Å². The van der Waals surface area contributed by atoms with E-state index in [9.17, 15) is 24.5 Å². The monoisotopic (exact) mass is 466 g/mol. The molecule has 0 unspecified atom stereocenters. The Kier molecular flexibility index (Phi) is 7.05. The van der Waals surface area contributed by atoms with Crippen molar-refractivity contribution < 1.29 is 24.0 Å². The van der Waals surface area contributed by atoms with Gasteiger partial charge in [0.15, 0.2) is 6.61 Å². The number of anilines is 1. The van der Waals surface area contributed by atoms with Gasteiger partial charge in [0.25, 0.3) is 11.6 Å². The SMILES string of the molecule is O=C(CCCc1ccccc1)N1CCN(C(=O)CN2C(=O)COc3ccc([N+](=O)[O-])cc32)CC1. The first kappa shape index (κ1) is 23.2. The maximum absolute atomic E-state index is 12.9. The number of carbonyl (C=O) groups is 3. The van der Waals surface area contributed by atoms with E-state index in [1.54, 1.807) is 9.80 Å². The van der Waals surface area contributed by atoms with Crippen LogP contribution >= 0.6 is 0 Å². The van der Waals surface area contributed by atoms with E-state index in [0.717, 1.165) is 12.8 Å². The van der Waals surface area contributed by atoms with Gasteiger partial charge in [-0.3, -0.25) is 29.4 Å². The summed E-state index contributed by atoms with van der Waals surface area (Å²) in [5.41, 5.74) is 1.23. The van der Waals surface area contributed by atoms with Gasteiger partial charge in [-0.25, -0.2) is 0 Å². The maximum Gasteiger partial charge on any atom is 0.271 e. The zero-order valence-corrected chi connectivity index (χ0v) is 18.7. The van der Waals surface area contributed by atoms with E-state index in [0.29, 0.717) is 38.3 Å². The Morgan fingerprint density at radius 3 is 2.32 bits per heavy atom. The number of nitrogens with zero attached hydrogens (tertiary/aromatic N) is 4. The summed E-state index contributed by atoms with van der Waals surface area (Å²) in [4.78, 5) is 53.0. The summed E-state index contributed by atoms with van der Waals surface area (Å²) >= 11 is 0. The van der Waals surface area contributed by atoms with Crippen LogP contribution in [0, 0.1) is 10.1 Å². The number of nitro groups is 1. The highest BCUT2D eigenvalue weighted by atomic mass is 16.6. The smallest absolute Gasteiger partial charge is 0.271 e. The summed E-state index contributed by atoms with van der Waals surface area (Å²) in [7, 11) is 0. The molecular weight excluding hydrogens is 440 g/mol. The molecular formula is C24H26N4O6. The van der Waals surface area contributed by atoms with Crippen molar-refractivity contribution in [1.82, 2.24) is 9.80 Å². The first-order valence-corrected chi connectivity index (χ1v) is 11.2. The molecule has 178 valence electrons. The molecule has 0 aromatic heterocycles. The standard InChI is InChI=1S/C24H26N4O6/c29-22(8-4-7-18-5-2-1-3-6-18)25-11-13-26(14-12-25)23(30)16-27-20-15-19(28(32)33)9-10-21(20)34-17-24(27)31/h1-3,5-6,9-10,15H,4,7-8,11-14,16-17H2. The molecule has 2 aliphatic rings. The predicted molar refractivity (Wildman–Crippen MR) is 123 cm³/mol. The summed E-state index contributed by atoms with van der Waals surface area (Å²) in [5, 5.41) is 11.1. The number of piperazine rings is 1. The summed E-state index contributed by atoms with van der Waals surface area (Å²) in [6, 6.07) is 14.0. The Morgan fingerprint density at radius 1 is 0.971 bits per heavy atom. The highest BCUT2D eigenvalue weighted by Crippen LogP contribution is 2.35. The van der Waals surface area contributed by atoms with Crippen LogP contribution < -0.4 is 9.64 Å². The fraction of sp³-hybridized carbons (Fsp3) is 0.375. The first-order chi connectivity index (χ1) is 16.4. The minimum atomic E-state index is -0.560. The number of hydrogen-bond donors (Lipinski definition) is 0. The molecule has 10 nitrogen and oxygen atoms in total. The van der Waals surface area contributed by atoms with Gasteiger partial charge in [-0.15, -0.1) is 0 Å². The summed E-state index contributed by atoms with van der Waals surface area (Å²) < 4.78 is 5.35. The van der Waals surface area contributed by atoms with Gasteiger partial charge in [0.1, 0.15) is 12.3 Å². The van der Waals surface area contributed by atoms with Crippen LogP contribution in [0.1, 0.15) is 18.4 Å². The van der Waals surface area contributed by atoms with Crippen molar-refractivity contribution in [1.29, 1.82) is 0 Å². The molecule has 0 atom stereocenters. The van der Waals surface area contributed by atoms with Crippen LogP contribution in [-0.2, 0) is 20.8 Å². The lowest BCUT2D eigenvalue weighted by Gasteiger charge is -2.36. The van der Waals surface area contributed by atoms with Crippen LogP contribution in [0.5, 0.6) is 5.75 Å². The van der Waals surface area contributed by atoms with Crippen molar-refractivity contribution in [2.45, 2.75) is 19.3 Å². The molecule has 2 aromatic rings. The second kappa shape index (κ2) is 10.3. The Balaban J connectivity index is 1.29. The molecule has 0 N–H and O–H groups in total. The minimum Gasteiger partial charge on any atom is -0.482 e. The minimum absolute atomic E-state index is 0.0765. The van der Waals surface area contributed by atoms with Gasteiger partial charge in [0.05, 0.1) is 10.6 Å². The third-order valence-electron chi connectivity index (χ3n) is 6.07. The molecule has 0 bridgehead atoms. The second-order valence-electron chi connectivity index (χ2n) is 8.28. The Morgan fingerprint density at radius 2 is 1.65 bits per heavy atom. The number of rotatable bonds is 7. The van der Waals surface area contributed by atoms with Gasteiger partial charge >= 0.3 is 0 Å². The van der Waals surface area contributed by atoms with E-state index in [1.807, 2.05) is 30.3 Å². The van der Waals surface area contributed by atoms with Crippen molar-refractivity contribution in [2.24, 2.45) is 0 Å². The largest absolute Gasteiger partial charge is 0.482 e. The van der Waals surface area contributed by atoms with E-state index in [2.05, 4.69) is 0 Å². The van der Waals surface area contributed by atoms with E-state index in [-0.39, 0.29) is 36.3 Å². The topological polar surface area (TPSA) is 113 Å². The van der Waals surface area contributed by atoms with Gasteiger partial charge in [-0.2, -0.15) is 0 Å². The van der Waals surface area contributed by atoms with Crippen molar-refractivity contribution in [3.63, 3.8) is 0 Å². The normalized spacial score (nSPS) is 15.5. The Bertz CT molecular complexity index is 1080. The average Bonchev–Trinajstić information content (AvgIpc) is 2.86. The molecule has 34 heavy (non-hydrogen) atoms. The zero-order chi connectivity index (χ0) is 24.1. The summed E-state index contributed by atoms with van der Waals surface area (Å²) in [5.74, 6) is -0.311. The molecule has 10 heteroatoms. The van der Waals surface area contributed by atoms with Crippen LogP contribution in [0.25, 0.3) is 0 Å². The first-order valence-electron chi connectivity index (χ1n) is 11.2. The fourth-order valence-electron chi connectivity index (χ4n) is 4.16. The third kappa shape index (κ3) is 5.33. The number of fused-ring (bicyclic) bond motifs is 1.